The second kappa shape index (κ2) is 7.31. The highest BCUT2D eigenvalue weighted by Crippen LogP contribution is 2.35. The van der Waals surface area contributed by atoms with Gasteiger partial charge in [0.05, 0.1) is 0 Å². The van der Waals surface area contributed by atoms with Gasteiger partial charge in [0.15, 0.2) is 5.54 Å². The van der Waals surface area contributed by atoms with Crippen molar-refractivity contribution in [1.29, 1.82) is 0 Å². The molecule has 0 spiro atoms. The van der Waals surface area contributed by atoms with E-state index in [1.807, 2.05) is 48.6 Å². The summed E-state index contributed by atoms with van der Waals surface area (Å²) in [5.41, 5.74) is 2.44. The van der Waals surface area contributed by atoms with Crippen LogP contribution in [0.5, 0.6) is 0 Å². The number of urea groups is 1. The molecule has 0 unspecified atom stereocenters. The number of nitrogens with one attached hydrogen (secondary N) is 2. The molecular weight excluding hydrogens is 354 g/mol. The third-order valence-electron chi connectivity index (χ3n) is 5.30. The van der Waals surface area contributed by atoms with Gasteiger partial charge in [-0.3, -0.25) is 15.0 Å². The molecule has 1 aliphatic heterocycles. The number of allylic oxidation sites excluding steroid dienone is 2. The molecule has 0 bridgehead atoms. The predicted molar refractivity (Wildman–Crippen MR) is 104 cm³/mol. The molecule has 1 aliphatic carbocycles. The van der Waals surface area contributed by atoms with Gasteiger partial charge < -0.3 is 5.32 Å². The summed E-state index contributed by atoms with van der Waals surface area (Å²) < 4.78 is 0. The van der Waals surface area contributed by atoms with Gasteiger partial charge in [-0.25, -0.2) is 4.79 Å². The summed E-state index contributed by atoms with van der Waals surface area (Å²) in [5, 5.41) is 3.64. The van der Waals surface area contributed by atoms with E-state index < -0.39 is 17.5 Å². The average Bonchev–Trinajstić information content (AvgIpc) is 3.01. The lowest BCUT2D eigenvalue weighted by Crippen LogP contribution is -2.50. The molecule has 28 heavy (non-hydrogen) atoms. The van der Waals surface area contributed by atoms with Crippen LogP contribution in [0.3, 0.4) is 0 Å². The number of benzene rings is 2. The molecular formula is C22H21N3O3. The minimum atomic E-state index is -1.38. The Kier molecular flexibility index (Phi) is 4.69. The van der Waals surface area contributed by atoms with Crippen molar-refractivity contribution in [3.05, 3.63) is 83.9 Å². The summed E-state index contributed by atoms with van der Waals surface area (Å²) in [6.07, 6.45) is 6.12. The number of imide groups is 1. The lowest BCUT2D eigenvalue weighted by molar-refractivity contribution is -0.140. The summed E-state index contributed by atoms with van der Waals surface area (Å²) in [6.45, 7) is 0. The van der Waals surface area contributed by atoms with Crippen LogP contribution in [0.15, 0.2) is 72.8 Å². The molecule has 6 nitrogen and oxygen atoms in total. The van der Waals surface area contributed by atoms with Gasteiger partial charge in [0.2, 0.25) is 5.91 Å². The Morgan fingerprint density at radius 3 is 2.11 bits per heavy atom. The summed E-state index contributed by atoms with van der Waals surface area (Å²) in [5.74, 6) is -1.08. The van der Waals surface area contributed by atoms with Crippen LogP contribution in [0.4, 0.5) is 4.79 Å². The van der Waals surface area contributed by atoms with Gasteiger partial charge in [-0.15, -0.1) is 0 Å². The zero-order valence-electron chi connectivity index (χ0n) is 15.3. The van der Waals surface area contributed by atoms with Gasteiger partial charge in [-0.05, 0) is 30.4 Å². The van der Waals surface area contributed by atoms with E-state index in [-0.39, 0.29) is 11.8 Å². The molecule has 0 radical (unpaired) electrons. The number of nitrogens with zero attached hydrogens (tertiary/aromatic N) is 1. The van der Waals surface area contributed by atoms with Crippen LogP contribution in [-0.4, -0.2) is 22.9 Å². The van der Waals surface area contributed by atoms with Gasteiger partial charge in [0.25, 0.3) is 5.91 Å². The fourth-order valence-corrected chi connectivity index (χ4v) is 3.80. The van der Waals surface area contributed by atoms with Crippen LogP contribution in [0, 0.1) is 5.92 Å². The largest absolute Gasteiger partial charge is 0.344 e. The summed E-state index contributed by atoms with van der Waals surface area (Å²) in [4.78, 5) is 38.8. The van der Waals surface area contributed by atoms with Crippen molar-refractivity contribution in [2.75, 3.05) is 0 Å². The topological polar surface area (TPSA) is 78.5 Å². The zero-order valence-corrected chi connectivity index (χ0v) is 15.3. The predicted octanol–water partition coefficient (Wildman–Crippen LogP) is 2.87. The molecule has 2 N–H and O–H groups in total. The Bertz CT molecular complexity index is 885. The summed E-state index contributed by atoms with van der Waals surface area (Å²) >= 11 is 0. The quantitative estimate of drug-likeness (QED) is 0.637. The van der Waals surface area contributed by atoms with Crippen molar-refractivity contribution in [3.63, 3.8) is 0 Å². The third-order valence-corrected chi connectivity index (χ3v) is 5.30. The Hall–Kier alpha value is -3.41. The van der Waals surface area contributed by atoms with Crippen LogP contribution in [0.25, 0.3) is 0 Å². The smallest absolute Gasteiger partial charge is 0.314 e. The Labute approximate surface area is 163 Å². The highest BCUT2D eigenvalue weighted by Gasteiger charge is 2.54. The first-order chi connectivity index (χ1) is 13.6. The third kappa shape index (κ3) is 2.97. The molecule has 4 rings (SSSR count). The maximum absolute atomic E-state index is 13.5. The highest BCUT2D eigenvalue weighted by molar-refractivity contribution is 6.10. The van der Waals surface area contributed by atoms with E-state index in [1.165, 1.54) is 0 Å². The number of carbonyl (C=O) groups is 3. The average molecular weight is 375 g/mol. The van der Waals surface area contributed by atoms with Crippen molar-refractivity contribution >= 4 is 17.8 Å². The van der Waals surface area contributed by atoms with E-state index in [1.54, 1.807) is 24.3 Å². The Balaban J connectivity index is 1.69. The second-order valence-electron chi connectivity index (χ2n) is 7.01. The first kappa shape index (κ1) is 18.0. The van der Waals surface area contributed by atoms with E-state index in [0.29, 0.717) is 24.0 Å². The van der Waals surface area contributed by atoms with E-state index in [9.17, 15) is 14.4 Å². The molecule has 142 valence electrons. The molecule has 2 aromatic carbocycles. The number of rotatable bonds is 4. The Morgan fingerprint density at radius 1 is 0.964 bits per heavy atom. The highest BCUT2D eigenvalue weighted by atomic mass is 16.2. The molecule has 2 aliphatic rings. The van der Waals surface area contributed by atoms with E-state index in [4.69, 9.17) is 0 Å². The maximum Gasteiger partial charge on any atom is 0.344 e. The number of hydrogen-bond donors (Lipinski definition) is 2. The van der Waals surface area contributed by atoms with E-state index >= 15 is 0 Å². The van der Waals surface area contributed by atoms with Crippen LogP contribution in [-0.2, 0) is 15.1 Å². The molecule has 1 atom stereocenters. The van der Waals surface area contributed by atoms with E-state index in [0.717, 1.165) is 11.4 Å². The number of carbonyl (C=O) groups excluding carboxylic acids is 3. The minimum absolute atomic E-state index is 0.242. The molecule has 4 amide bonds. The first-order valence-corrected chi connectivity index (χ1v) is 9.36. The molecule has 1 saturated heterocycles. The molecule has 1 heterocycles. The van der Waals surface area contributed by atoms with Crippen LogP contribution < -0.4 is 10.7 Å². The summed E-state index contributed by atoms with van der Waals surface area (Å²) in [7, 11) is 0. The lowest BCUT2D eigenvalue weighted by atomic mass is 9.83. The van der Waals surface area contributed by atoms with Gasteiger partial charge in [0.1, 0.15) is 0 Å². The van der Waals surface area contributed by atoms with Crippen LogP contribution >= 0.6 is 0 Å². The lowest BCUT2D eigenvalue weighted by Gasteiger charge is -2.28. The van der Waals surface area contributed by atoms with Gasteiger partial charge >= 0.3 is 6.03 Å². The number of hydrazine groups is 1. The molecule has 0 aromatic heterocycles. The fraction of sp³-hybridized carbons (Fsp3) is 0.227. The zero-order chi connectivity index (χ0) is 19.6. The van der Waals surface area contributed by atoms with Gasteiger partial charge in [-0.2, -0.15) is 5.01 Å². The van der Waals surface area contributed by atoms with Crippen molar-refractivity contribution in [2.24, 2.45) is 5.92 Å². The first-order valence-electron chi connectivity index (χ1n) is 9.36. The van der Waals surface area contributed by atoms with Crippen LogP contribution in [0.1, 0.15) is 30.4 Å². The van der Waals surface area contributed by atoms with Crippen molar-refractivity contribution in [2.45, 2.75) is 24.8 Å². The van der Waals surface area contributed by atoms with E-state index in [2.05, 4.69) is 10.7 Å². The molecule has 6 heteroatoms. The second-order valence-corrected chi connectivity index (χ2v) is 7.01. The monoisotopic (exact) mass is 375 g/mol. The number of amides is 4. The van der Waals surface area contributed by atoms with Gasteiger partial charge in [-0.1, -0.05) is 72.8 Å². The molecule has 1 fully saturated rings. The summed E-state index contributed by atoms with van der Waals surface area (Å²) in [6, 6.07) is 17.5. The normalized spacial score (nSPS) is 20.7. The molecule has 0 saturated carbocycles. The molecule has 2 aromatic rings. The maximum atomic E-state index is 13.5. The van der Waals surface area contributed by atoms with Crippen molar-refractivity contribution in [1.82, 2.24) is 15.8 Å². The standard InChI is InChI=1S/C22H21N3O3/c26-19(16-10-4-1-5-11-16)24-25-20(27)22(23-21(25)28,17-12-6-2-7-13-17)18-14-8-3-9-15-18/h1-4,6-9,12-16H,5,10-11H2,(H,23,28)(H,24,26)/t16-/m0/s1. The van der Waals surface area contributed by atoms with Crippen molar-refractivity contribution in [3.8, 4) is 0 Å². The SMILES string of the molecule is O=C(NN1C(=O)NC(c2ccccc2)(c2ccccc2)C1=O)[C@H]1CC=CCC1. The number of hydrogen-bond acceptors (Lipinski definition) is 3. The minimum Gasteiger partial charge on any atom is -0.314 e. The van der Waals surface area contributed by atoms with Gasteiger partial charge in [0, 0.05) is 5.92 Å². The van der Waals surface area contributed by atoms with Crippen LogP contribution in [0.2, 0.25) is 0 Å². The fourth-order valence-electron chi connectivity index (χ4n) is 3.80. The van der Waals surface area contributed by atoms with Crippen molar-refractivity contribution < 1.29 is 14.4 Å². The Morgan fingerprint density at radius 2 is 1.57 bits per heavy atom.